The van der Waals surface area contributed by atoms with E-state index in [1.54, 1.807) is 0 Å². The maximum atomic E-state index is 14.4. The molecule has 180 valence electrons. The molecule has 1 aliphatic rings. The number of methoxy groups -OCH3 is 1. The van der Waals surface area contributed by atoms with Crippen molar-refractivity contribution in [1.29, 1.82) is 0 Å². The van der Waals surface area contributed by atoms with Crippen LogP contribution in [0.5, 0.6) is 5.75 Å². The molecular weight excluding hydrogens is 465 g/mol. The molecular formula is C22H18F5N3O4. The van der Waals surface area contributed by atoms with E-state index in [9.17, 15) is 31.5 Å². The molecule has 1 aliphatic heterocycles. The number of nitrogens with two attached hydrogens (primary N) is 1. The third-order valence-electron chi connectivity index (χ3n) is 5.95. The fourth-order valence-electron chi connectivity index (χ4n) is 4.28. The van der Waals surface area contributed by atoms with Crippen molar-refractivity contribution in [3.63, 3.8) is 0 Å². The molecule has 1 aromatic carbocycles. The fraction of sp³-hybridized carbons (Fsp3) is 0.318. The Hall–Kier alpha value is -3.54. The number of carbonyl (C=O) groups excluding carboxylic acids is 1. The standard InChI is InChI=1S/C22H18F5N3O4/c1-21(22(25,26)27)8-10(9-3-4-11(23)16(24)19(9)33-2)18(34-21)13-7-14(31)15-12(30-13)5-6-29-17(15)20(28)32/h3-7,10,18H,8H2,1-2H3,(H2,28,32)(H,30,31)/t10-,18+,21+/m1/s1. The summed E-state index contributed by atoms with van der Waals surface area (Å²) >= 11 is 0. The Balaban J connectivity index is 1.93. The molecule has 0 spiro atoms. The van der Waals surface area contributed by atoms with Gasteiger partial charge in [-0.25, -0.2) is 4.39 Å². The van der Waals surface area contributed by atoms with Crippen LogP contribution in [-0.2, 0) is 4.74 Å². The molecule has 0 bridgehead atoms. The largest absolute Gasteiger partial charge is 0.493 e. The molecule has 1 saturated heterocycles. The van der Waals surface area contributed by atoms with Crippen molar-refractivity contribution in [3.8, 4) is 5.75 Å². The number of fused-ring (bicyclic) bond motifs is 1. The number of amides is 1. The van der Waals surface area contributed by atoms with E-state index in [4.69, 9.17) is 15.2 Å². The minimum atomic E-state index is -4.81. The molecule has 7 nitrogen and oxygen atoms in total. The summed E-state index contributed by atoms with van der Waals surface area (Å²) in [7, 11) is 1.06. The van der Waals surface area contributed by atoms with Gasteiger partial charge in [-0.15, -0.1) is 0 Å². The lowest BCUT2D eigenvalue weighted by Gasteiger charge is -2.27. The number of benzene rings is 1. The Morgan fingerprint density at radius 3 is 2.62 bits per heavy atom. The number of H-pyrrole nitrogens is 1. The molecule has 2 aromatic heterocycles. The first-order valence-corrected chi connectivity index (χ1v) is 9.96. The number of pyridine rings is 2. The van der Waals surface area contributed by atoms with Gasteiger partial charge in [0.05, 0.1) is 18.0 Å². The summed E-state index contributed by atoms with van der Waals surface area (Å²) in [4.78, 5) is 31.1. The zero-order valence-corrected chi connectivity index (χ0v) is 17.8. The van der Waals surface area contributed by atoms with Crippen LogP contribution in [0.4, 0.5) is 22.0 Å². The number of rotatable bonds is 4. The van der Waals surface area contributed by atoms with Gasteiger partial charge in [-0.2, -0.15) is 17.6 Å². The average molecular weight is 483 g/mol. The van der Waals surface area contributed by atoms with Crippen LogP contribution >= 0.6 is 0 Å². The number of alkyl halides is 3. The molecule has 3 N–H and O–H groups in total. The van der Waals surface area contributed by atoms with E-state index >= 15 is 0 Å². The number of carbonyl (C=O) groups is 1. The Labute approximate surface area is 188 Å². The highest BCUT2D eigenvalue weighted by Gasteiger charge is 2.60. The van der Waals surface area contributed by atoms with Crippen LogP contribution in [0.2, 0.25) is 0 Å². The summed E-state index contributed by atoms with van der Waals surface area (Å²) in [5, 5.41) is -0.141. The third-order valence-corrected chi connectivity index (χ3v) is 5.95. The van der Waals surface area contributed by atoms with Crippen molar-refractivity contribution in [1.82, 2.24) is 9.97 Å². The monoisotopic (exact) mass is 483 g/mol. The van der Waals surface area contributed by atoms with Crippen molar-refractivity contribution >= 4 is 16.8 Å². The lowest BCUT2D eigenvalue weighted by molar-refractivity contribution is -0.265. The van der Waals surface area contributed by atoms with Crippen molar-refractivity contribution in [2.75, 3.05) is 7.11 Å². The van der Waals surface area contributed by atoms with Gasteiger partial charge in [-0.1, -0.05) is 6.07 Å². The second kappa shape index (κ2) is 8.05. The number of halogens is 5. The van der Waals surface area contributed by atoms with Gasteiger partial charge in [0, 0.05) is 29.4 Å². The van der Waals surface area contributed by atoms with Crippen LogP contribution in [0.1, 0.15) is 47.1 Å². The van der Waals surface area contributed by atoms with Crippen LogP contribution in [0, 0.1) is 11.6 Å². The number of primary amides is 1. The first-order chi connectivity index (χ1) is 15.9. The van der Waals surface area contributed by atoms with Gasteiger partial charge in [0.15, 0.2) is 22.6 Å². The van der Waals surface area contributed by atoms with Crippen LogP contribution < -0.4 is 15.9 Å². The van der Waals surface area contributed by atoms with Gasteiger partial charge in [0.25, 0.3) is 5.91 Å². The average Bonchev–Trinajstić information content (AvgIpc) is 3.13. The molecule has 4 rings (SSSR count). The van der Waals surface area contributed by atoms with E-state index in [2.05, 4.69) is 9.97 Å². The van der Waals surface area contributed by atoms with E-state index in [0.717, 1.165) is 32.2 Å². The van der Waals surface area contributed by atoms with Crippen LogP contribution in [0.3, 0.4) is 0 Å². The third kappa shape index (κ3) is 3.67. The van der Waals surface area contributed by atoms with Crippen LogP contribution in [-0.4, -0.2) is 34.8 Å². The van der Waals surface area contributed by atoms with E-state index in [1.165, 1.54) is 12.3 Å². The number of aromatic amines is 1. The fourth-order valence-corrected chi connectivity index (χ4v) is 4.28. The molecule has 3 aromatic rings. The zero-order chi connectivity index (χ0) is 25.0. The number of aromatic nitrogens is 2. The molecule has 0 unspecified atom stereocenters. The summed E-state index contributed by atoms with van der Waals surface area (Å²) in [6.07, 6.45) is -5.70. The second-order valence-electron chi connectivity index (χ2n) is 8.10. The Morgan fingerprint density at radius 1 is 1.29 bits per heavy atom. The number of hydrogen-bond donors (Lipinski definition) is 2. The first kappa shape index (κ1) is 23.6. The minimum Gasteiger partial charge on any atom is -0.493 e. The predicted octanol–water partition coefficient (Wildman–Crippen LogP) is 3.88. The molecule has 0 saturated carbocycles. The quantitative estimate of drug-likeness (QED) is 0.548. The Kier molecular flexibility index (Phi) is 5.59. The van der Waals surface area contributed by atoms with E-state index in [-0.39, 0.29) is 27.9 Å². The summed E-state index contributed by atoms with van der Waals surface area (Å²) in [5.41, 5.74) is 1.52. The van der Waals surface area contributed by atoms with Crippen molar-refractivity contribution in [3.05, 3.63) is 69.3 Å². The van der Waals surface area contributed by atoms with E-state index < -0.39 is 58.9 Å². The molecule has 12 heteroatoms. The molecule has 0 aliphatic carbocycles. The molecule has 3 heterocycles. The maximum absolute atomic E-state index is 14.4. The summed E-state index contributed by atoms with van der Waals surface area (Å²) in [6.45, 7) is 0.834. The van der Waals surface area contributed by atoms with Crippen molar-refractivity contribution in [2.45, 2.75) is 37.1 Å². The molecule has 3 atom stereocenters. The van der Waals surface area contributed by atoms with Crippen LogP contribution in [0.25, 0.3) is 10.9 Å². The van der Waals surface area contributed by atoms with Gasteiger partial charge in [0.2, 0.25) is 5.82 Å². The van der Waals surface area contributed by atoms with Crippen LogP contribution in [0.15, 0.2) is 35.3 Å². The van der Waals surface area contributed by atoms with Gasteiger partial charge < -0.3 is 20.2 Å². The van der Waals surface area contributed by atoms with Gasteiger partial charge in [-0.05, 0) is 25.5 Å². The highest BCUT2D eigenvalue weighted by atomic mass is 19.4. The molecule has 1 amide bonds. The second-order valence-corrected chi connectivity index (χ2v) is 8.10. The summed E-state index contributed by atoms with van der Waals surface area (Å²) in [5.74, 6) is -5.30. The minimum absolute atomic E-state index is 0.0622. The summed E-state index contributed by atoms with van der Waals surface area (Å²) in [6, 6.07) is 4.22. The lowest BCUT2D eigenvalue weighted by atomic mass is 9.85. The highest BCUT2D eigenvalue weighted by Crippen LogP contribution is 2.56. The SMILES string of the molecule is COc1c([C@H]2C[C@@](C)(C(F)(F)F)O[C@@H]2c2cc(=O)c3c(C(N)=O)nccc3[nH]2)ccc(F)c1F. The first-order valence-electron chi connectivity index (χ1n) is 9.96. The van der Waals surface area contributed by atoms with E-state index in [1.807, 2.05) is 0 Å². The van der Waals surface area contributed by atoms with Gasteiger partial charge in [-0.3, -0.25) is 14.6 Å². The molecule has 0 radical (unpaired) electrons. The molecule has 1 fully saturated rings. The number of nitrogens with one attached hydrogen (secondary N) is 1. The Morgan fingerprint density at radius 2 is 2.00 bits per heavy atom. The maximum Gasteiger partial charge on any atom is 0.417 e. The summed E-state index contributed by atoms with van der Waals surface area (Å²) < 4.78 is 80.3. The highest BCUT2D eigenvalue weighted by molar-refractivity contribution is 6.03. The number of ether oxygens (including phenoxy) is 2. The Bertz CT molecular complexity index is 1360. The zero-order valence-electron chi connectivity index (χ0n) is 17.8. The normalized spacial score (nSPS) is 22.8. The predicted molar refractivity (Wildman–Crippen MR) is 109 cm³/mol. The smallest absolute Gasteiger partial charge is 0.417 e. The van der Waals surface area contributed by atoms with Crippen molar-refractivity contribution in [2.24, 2.45) is 5.73 Å². The topological polar surface area (TPSA) is 107 Å². The number of hydrogen-bond acceptors (Lipinski definition) is 5. The number of nitrogens with zero attached hydrogens (tertiary/aromatic N) is 1. The molecule has 34 heavy (non-hydrogen) atoms. The lowest BCUT2D eigenvalue weighted by Crippen LogP contribution is -2.41. The van der Waals surface area contributed by atoms with E-state index in [0.29, 0.717) is 0 Å². The van der Waals surface area contributed by atoms with Gasteiger partial charge in [0.1, 0.15) is 11.8 Å². The van der Waals surface area contributed by atoms with Gasteiger partial charge >= 0.3 is 6.18 Å². The van der Waals surface area contributed by atoms with Crippen molar-refractivity contribution < 1.29 is 36.2 Å².